The molecule has 0 spiro atoms. The summed E-state index contributed by atoms with van der Waals surface area (Å²) in [6, 6.07) is 10.2. The number of fused-ring (bicyclic) bond motifs is 1. The Kier molecular flexibility index (Phi) is 5.55. The van der Waals surface area contributed by atoms with E-state index in [1.165, 1.54) is 19.3 Å². The number of aryl methyl sites for hydroxylation is 1. The number of likely N-dealkylation sites (tertiary alicyclic amines) is 1. The molecule has 1 atom stereocenters. The van der Waals surface area contributed by atoms with Crippen LogP contribution in [-0.4, -0.2) is 38.7 Å². The second-order valence-corrected chi connectivity index (χ2v) is 7.91. The third-order valence-electron chi connectivity index (χ3n) is 6.22. The quantitative estimate of drug-likeness (QED) is 0.824. The van der Waals surface area contributed by atoms with Gasteiger partial charge in [-0.2, -0.15) is 0 Å². The summed E-state index contributed by atoms with van der Waals surface area (Å²) < 4.78 is 2.37. The summed E-state index contributed by atoms with van der Waals surface area (Å²) in [5, 5.41) is 9.00. The second-order valence-electron chi connectivity index (χ2n) is 7.91. The normalized spacial score (nSPS) is 19.4. The van der Waals surface area contributed by atoms with Crippen molar-refractivity contribution in [3.05, 3.63) is 47.5 Å². The van der Waals surface area contributed by atoms with Crippen molar-refractivity contribution < 1.29 is 4.79 Å². The van der Waals surface area contributed by atoms with E-state index in [9.17, 15) is 4.79 Å². The molecule has 0 unspecified atom stereocenters. The summed E-state index contributed by atoms with van der Waals surface area (Å²) in [5.41, 5.74) is 1.13. The van der Waals surface area contributed by atoms with Gasteiger partial charge >= 0.3 is 0 Å². The number of aromatic nitrogens is 3. The third-order valence-corrected chi connectivity index (χ3v) is 6.22. The maximum atomic E-state index is 13.1. The Bertz CT molecular complexity index is 762. The van der Waals surface area contributed by atoms with Crippen molar-refractivity contribution in [3.8, 4) is 0 Å². The number of carbonyl (C=O) groups is 1. The molecule has 1 amide bonds. The molecule has 2 aliphatic rings. The number of piperidine rings is 1. The zero-order valence-corrected chi connectivity index (χ0v) is 16.3. The van der Waals surface area contributed by atoms with Crippen LogP contribution in [0.2, 0.25) is 0 Å². The van der Waals surface area contributed by atoms with E-state index < -0.39 is 0 Å². The summed E-state index contributed by atoms with van der Waals surface area (Å²) in [6.07, 6.45) is 7.63. The van der Waals surface area contributed by atoms with E-state index in [0.29, 0.717) is 5.92 Å². The van der Waals surface area contributed by atoms with Crippen LogP contribution < -0.4 is 0 Å². The molecule has 1 fully saturated rings. The van der Waals surface area contributed by atoms with Crippen LogP contribution >= 0.6 is 0 Å². The smallest absolute Gasteiger partial charge is 0.230 e. The van der Waals surface area contributed by atoms with Gasteiger partial charge in [-0.15, -0.1) is 10.2 Å². The molecular weight excluding hydrogens is 336 g/mol. The molecule has 3 heterocycles. The van der Waals surface area contributed by atoms with E-state index in [1.54, 1.807) is 0 Å². The fourth-order valence-corrected chi connectivity index (χ4v) is 4.63. The zero-order chi connectivity index (χ0) is 18.6. The highest BCUT2D eigenvalue weighted by atomic mass is 16.2. The summed E-state index contributed by atoms with van der Waals surface area (Å²) in [4.78, 5) is 15.2. The van der Waals surface area contributed by atoms with Crippen molar-refractivity contribution in [2.75, 3.05) is 13.1 Å². The van der Waals surface area contributed by atoms with Crippen LogP contribution in [-0.2, 0) is 17.8 Å². The Hall–Kier alpha value is -2.17. The van der Waals surface area contributed by atoms with Crippen LogP contribution in [0.3, 0.4) is 0 Å². The molecule has 0 radical (unpaired) electrons. The summed E-state index contributed by atoms with van der Waals surface area (Å²) in [6.45, 7) is 4.82. The zero-order valence-electron chi connectivity index (χ0n) is 16.3. The maximum Gasteiger partial charge on any atom is 0.230 e. The Morgan fingerprint density at radius 1 is 1.07 bits per heavy atom. The molecule has 1 aromatic carbocycles. The first-order chi connectivity index (χ1) is 13.3. The predicted octanol–water partition coefficient (Wildman–Crippen LogP) is 3.90. The molecule has 1 aromatic heterocycles. The van der Waals surface area contributed by atoms with Crippen molar-refractivity contribution in [2.45, 2.75) is 70.3 Å². The van der Waals surface area contributed by atoms with Gasteiger partial charge in [-0.1, -0.05) is 43.7 Å². The lowest BCUT2D eigenvalue weighted by Crippen LogP contribution is -2.41. The number of nitrogens with zero attached hydrogens (tertiary/aromatic N) is 4. The van der Waals surface area contributed by atoms with Gasteiger partial charge in [-0.05, 0) is 37.7 Å². The molecule has 5 heteroatoms. The lowest BCUT2D eigenvalue weighted by Gasteiger charge is -2.34. The van der Waals surface area contributed by atoms with Crippen molar-refractivity contribution in [3.63, 3.8) is 0 Å². The number of benzene rings is 1. The molecular formula is C22H30N4O. The van der Waals surface area contributed by atoms with Crippen LogP contribution in [0.4, 0.5) is 0 Å². The Labute approximate surface area is 161 Å². The summed E-state index contributed by atoms with van der Waals surface area (Å²) in [7, 11) is 0. The standard InChI is InChI=1S/C22H30N4O/c1-2-19(17-9-5-3-6-10-17)22(27)25-15-12-18(13-16-25)21-24-23-20-11-7-4-8-14-26(20)21/h3,5-6,9-10,18-19H,2,4,7-8,11-16H2,1H3/t19-/m0/s1. The summed E-state index contributed by atoms with van der Waals surface area (Å²) in [5.74, 6) is 3.02. The predicted molar refractivity (Wildman–Crippen MR) is 106 cm³/mol. The topological polar surface area (TPSA) is 51.0 Å². The Morgan fingerprint density at radius 2 is 1.85 bits per heavy atom. The monoisotopic (exact) mass is 366 g/mol. The van der Waals surface area contributed by atoms with E-state index in [0.717, 1.165) is 62.5 Å². The van der Waals surface area contributed by atoms with Crippen LogP contribution in [0.15, 0.2) is 30.3 Å². The van der Waals surface area contributed by atoms with Crippen molar-refractivity contribution in [1.29, 1.82) is 0 Å². The SMILES string of the molecule is CC[C@H](C(=O)N1CCC(c2nnc3n2CCCCC3)CC1)c1ccccc1. The molecule has 2 aromatic rings. The van der Waals surface area contributed by atoms with Gasteiger partial charge in [-0.3, -0.25) is 4.79 Å². The highest BCUT2D eigenvalue weighted by Gasteiger charge is 2.31. The first-order valence-corrected chi connectivity index (χ1v) is 10.5. The van der Waals surface area contributed by atoms with Crippen LogP contribution in [0.25, 0.3) is 0 Å². The number of carbonyl (C=O) groups excluding carboxylic acids is 1. The van der Waals surface area contributed by atoms with Gasteiger partial charge in [0.2, 0.25) is 5.91 Å². The van der Waals surface area contributed by atoms with Crippen molar-refractivity contribution in [2.24, 2.45) is 0 Å². The van der Waals surface area contributed by atoms with Gasteiger partial charge in [0.1, 0.15) is 11.6 Å². The largest absolute Gasteiger partial charge is 0.342 e. The van der Waals surface area contributed by atoms with Gasteiger partial charge in [0.05, 0.1) is 5.92 Å². The van der Waals surface area contributed by atoms with Crippen LogP contribution in [0, 0.1) is 0 Å². The molecule has 5 nitrogen and oxygen atoms in total. The van der Waals surface area contributed by atoms with Gasteiger partial charge in [0.25, 0.3) is 0 Å². The number of hydrogen-bond donors (Lipinski definition) is 0. The number of amides is 1. The average molecular weight is 367 g/mol. The fourth-order valence-electron chi connectivity index (χ4n) is 4.63. The molecule has 0 N–H and O–H groups in total. The highest BCUT2D eigenvalue weighted by Crippen LogP contribution is 2.31. The van der Waals surface area contributed by atoms with Crippen molar-refractivity contribution >= 4 is 5.91 Å². The minimum atomic E-state index is -0.0212. The molecule has 0 bridgehead atoms. The first-order valence-electron chi connectivity index (χ1n) is 10.5. The van der Waals surface area contributed by atoms with Crippen LogP contribution in [0.1, 0.15) is 74.5 Å². The Morgan fingerprint density at radius 3 is 2.59 bits per heavy atom. The van der Waals surface area contributed by atoms with E-state index >= 15 is 0 Å². The molecule has 0 aliphatic carbocycles. The van der Waals surface area contributed by atoms with E-state index in [4.69, 9.17) is 0 Å². The van der Waals surface area contributed by atoms with E-state index in [1.807, 2.05) is 18.2 Å². The average Bonchev–Trinajstić information content (AvgIpc) is 2.97. The van der Waals surface area contributed by atoms with Gasteiger partial charge in [0, 0.05) is 32.0 Å². The maximum absolute atomic E-state index is 13.1. The number of rotatable bonds is 4. The summed E-state index contributed by atoms with van der Waals surface area (Å²) >= 11 is 0. The van der Waals surface area contributed by atoms with Gasteiger partial charge in [-0.25, -0.2) is 0 Å². The van der Waals surface area contributed by atoms with Gasteiger partial charge in [0.15, 0.2) is 0 Å². The molecule has 1 saturated heterocycles. The highest BCUT2D eigenvalue weighted by molar-refractivity contribution is 5.83. The van der Waals surface area contributed by atoms with Crippen LogP contribution in [0.5, 0.6) is 0 Å². The lowest BCUT2D eigenvalue weighted by molar-refractivity contribution is -0.134. The van der Waals surface area contributed by atoms with E-state index in [-0.39, 0.29) is 11.8 Å². The minimum Gasteiger partial charge on any atom is -0.342 e. The van der Waals surface area contributed by atoms with E-state index in [2.05, 4.69) is 38.7 Å². The number of hydrogen-bond acceptors (Lipinski definition) is 3. The third kappa shape index (κ3) is 3.78. The molecule has 0 saturated carbocycles. The minimum absolute atomic E-state index is 0.0212. The molecule has 144 valence electrons. The molecule has 4 rings (SSSR count). The Balaban J connectivity index is 1.42. The van der Waals surface area contributed by atoms with Crippen molar-refractivity contribution in [1.82, 2.24) is 19.7 Å². The second kappa shape index (κ2) is 8.24. The first kappa shape index (κ1) is 18.2. The fraction of sp³-hybridized carbons (Fsp3) is 0.591. The molecule has 27 heavy (non-hydrogen) atoms. The lowest BCUT2D eigenvalue weighted by atomic mass is 9.91. The van der Waals surface area contributed by atoms with Gasteiger partial charge < -0.3 is 9.47 Å². The molecule has 2 aliphatic heterocycles.